The number of carbonyl (C=O) groups is 1. The van der Waals surface area contributed by atoms with E-state index in [1.807, 2.05) is 13.0 Å². The molecule has 0 aliphatic heterocycles. The number of hydrogen-bond donors (Lipinski definition) is 2. The molecule has 6 heteroatoms. The van der Waals surface area contributed by atoms with Gasteiger partial charge in [-0.2, -0.15) is 0 Å². The zero-order chi connectivity index (χ0) is 13.2. The zero-order valence-corrected chi connectivity index (χ0v) is 11.5. The Bertz CT molecular complexity index is 453. The molecule has 0 aromatic carbocycles. The summed E-state index contributed by atoms with van der Waals surface area (Å²) < 4.78 is 0. The summed E-state index contributed by atoms with van der Waals surface area (Å²) >= 11 is 1.63. The van der Waals surface area contributed by atoms with Gasteiger partial charge in [-0.3, -0.25) is 4.79 Å². The van der Waals surface area contributed by atoms with E-state index in [1.165, 1.54) is 0 Å². The van der Waals surface area contributed by atoms with Crippen molar-refractivity contribution in [2.45, 2.75) is 42.1 Å². The van der Waals surface area contributed by atoms with E-state index in [9.17, 15) is 4.79 Å². The van der Waals surface area contributed by atoms with Gasteiger partial charge < -0.3 is 11.1 Å². The SMILES string of the molecule is CNC1(C(N)=O)CCC(Sc2nccc(C)n2)C1. The summed E-state index contributed by atoms with van der Waals surface area (Å²) in [7, 11) is 1.79. The maximum absolute atomic E-state index is 11.5. The first-order chi connectivity index (χ1) is 8.55. The zero-order valence-electron chi connectivity index (χ0n) is 10.6. The average Bonchev–Trinajstić information content (AvgIpc) is 2.74. The maximum Gasteiger partial charge on any atom is 0.237 e. The number of nitrogens with one attached hydrogen (secondary N) is 1. The van der Waals surface area contributed by atoms with E-state index in [1.54, 1.807) is 25.0 Å². The van der Waals surface area contributed by atoms with Crippen molar-refractivity contribution in [3.8, 4) is 0 Å². The van der Waals surface area contributed by atoms with Crippen molar-refractivity contribution in [2.75, 3.05) is 7.05 Å². The fourth-order valence-corrected chi connectivity index (χ4v) is 3.53. The number of aromatic nitrogens is 2. The van der Waals surface area contributed by atoms with Crippen molar-refractivity contribution in [2.24, 2.45) is 5.73 Å². The molecule has 1 saturated carbocycles. The predicted octanol–water partition coefficient (Wildman–Crippen LogP) is 0.873. The van der Waals surface area contributed by atoms with Gasteiger partial charge in [-0.1, -0.05) is 11.8 Å². The highest BCUT2D eigenvalue weighted by atomic mass is 32.2. The maximum atomic E-state index is 11.5. The molecule has 5 nitrogen and oxygen atoms in total. The third-order valence-corrected chi connectivity index (χ3v) is 4.61. The number of amides is 1. The number of nitrogens with zero attached hydrogens (tertiary/aromatic N) is 2. The second kappa shape index (κ2) is 5.24. The molecule has 1 fully saturated rings. The van der Waals surface area contributed by atoms with Gasteiger partial charge in [-0.25, -0.2) is 9.97 Å². The Hall–Kier alpha value is -1.14. The third kappa shape index (κ3) is 2.64. The van der Waals surface area contributed by atoms with E-state index in [-0.39, 0.29) is 5.91 Å². The molecule has 18 heavy (non-hydrogen) atoms. The third-order valence-electron chi connectivity index (χ3n) is 3.46. The molecule has 1 amide bonds. The summed E-state index contributed by atoms with van der Waals surface area (Å²) in [5.74, 6) is -0.265. The molecule has 1 aliphatic rings. The Labute approximate surface area is 111 Å². The normalized spacial score (nSPS) is 27.3. The largest absolute Gasteiger partial charge is 0.368 e. The van der Waals surface area contributed by atoms with Gasteiger partial charge in [0.2, 0.25) is 5.91 Å². The quantitative estimate of drug-likeness (QED) is 0.790. The van der Waals surface area contributed by atoms with E-state index in [2.05, 4.69) is 15.3 Å². The smallest absolute Gasteiger partial charge is 0.237 e. The molecule has 2 atom stereocenters. The number of thioether (sulfide) groups is 1. The van der Waals surface area contributed by atoms with Crippen molar-refractivity contribution in [1.29, 1.82) is 0 Å². The van der Waals surface area contributed by atoms with Gasteiger partial charge in [0.25, 0.3) is 0 Å². The molecule has 1 aliphatic carbocycles. The summed E-state index contributed by atoms with van der Waals surface area (Å²) in [5.41, 5.74) is 5.89. The van der Waals surface area contributed by atoms with Gasteiger partial charge >= 0.3 is 0 Å². The highest BCUT2D eigenvalue weighted by Gasteiger charge is 2.43. The van der Waals surface area contributed by atoms with Crippen LogP contribution in [0, 0.1) is 6.92 Å². The van der Waals surface area contributed by atoms with E-state index in [0.29, 0.717) is 5.25 Å². The number of likely N-dealkylation sites (N-methyl/N-ethyl adjacent to an activating group) is 1. The van der Waals surface area contributed by atoms with Crippen LogP contribution in [0.5, 0.6) is 0 Å². The average molecular weight is 266 g/mol. The van der Waals surface area contributed by atoms with E-state index in [4.69, 9.17) is 5.73 Å². The molecule has 98 valence electrons. The number of aryl methyl sites for hydroxylation is 1. The van der Waals surface area contributed by atoms with Crippen LogP contribution < -0.4 is 11.1 Å². The molecule has 1 heterocycles. The minimum Gasteiger partial charge on any atom is -0.368 e. The minimum absolute atomic E-state index is 0.265. The van der Waals surface area contributed by atoms with Crippen LogP contribution >= 0.6 is 11.8 Å². The van der Waals surface area contributed by atoms with E-state index >= 15 is 0 Å². The lowest BCUT2D eigenvalue weighted by molar-refractivity contribution is -0.124. The van der Waals surface area contributed by atoms with Gasteiger partial charge in [0.1, 0.15) is 0 Å². The fourth-order valence-electron chi connectivity index (χ4n) is 2.31. The highest BCUT2D eigenvalue weighted by Crippen LogP contribution is 2.38. The van der Waals surface area contributed by atoms with Crippen LogP contribution in [-0.2, 0) is 4.79 Å². The van der Waals surface area contributed by atoms with Gasteiger partial charge in [-0.15, -0.1) is 0 Å². The second-order valence-electron chi connectivity index (χ2n) is 4.66. The molecule has 1 aromatic heterocycles. The van der Waals surface area contributed by atoms with E-state index in [0.717, 1.165) is 30.1 Å². The molecule has 2 unspecified atom stereocenters. The lowest BCUT2D eigenvalue weighted by atomic mass is 9.97. The van der Waals surface area contributed by atoms with Gasteiger partial charge in [0, 0.05) is 17.1 Å². The lowest BCUT2D eigenvalue weighted by Gasteiger charge is -2.24. The Kier molecular flexibility index (Phi) is 3.87. The second-order valence-corrected chi connectivity index (χ2v) is 5.93. The van der Waals surface area contributed by atoms with Crippen LogP contribution in [0.25, 0.3) is 0 Å². The molecule has 2 rings (SSSR count). The molecular weight excluding hydrogens is 248 g/mol. The lowest BCUT2D eigenvalue weighted by Crippen LogP contribution is -2.52. The number of nitrogens with two attached hydrogens (primary N) is 1. The first-order valence-corrected chi connectivity index (χ1v) is 6.89. The minimum atomic E-state index is -0.554. The van der Waals surface area contributed by atoms with Crippen LogP contribution in [0.3, 0.4) is 0 Å². The molecular formula is C12H18N4OS. The Morgan fingerprint density at radius 2 is 2.44 bits per heavy atom. The van der Waals surface area contributed by atoms with Crippen molar-refractivity contribution in [3.05, 3.63) is 18.0 Å². The van der Waals surface area contributed by atoms with Crippen molar-refractivity contribution >= 4 is 17.7 Å². The fraction of sp³-hybridized carbons (Fsp3) is 0.583. The summed E-state index contributed by atoms with van der Waals surface area (Å²) in [6, 6.07) is 1.88. The first-order valence-electron chi connectivity index (χ1n) is 6.01. The van der Waals surface area contributed by atoms with Crippen molar-refractivity contribution in [1.82, 2.24) is 15.3 Å². The van der Waals surface area contributed by atoms with Crippen LogP contribution in [0.4, 0.5) is 0 Å². The van der Waals surface area contributed by atoms with Crippen LogP contribution in [0.2, 0.25) is 0 Å². The molecule has 0 radical (unpaired) electrons. The summed E-state index contributed by atoms with van der Waals surface area (Å²) in [4.78, 5) is 20.1. The Morgan fingerprint density at radius 3 is 3.00 bits per heavy atom. The Balaban J connectivity index is 2.03. The topological polar surface area (TPSA) is 80.9 Å². The Morgan fingerprint density at radius 1 is 1.67 bits per heavy atom. The first kappa shape index (κ1) is 13.3. The predicted molar refractivity (Wildman–Crippen MR) is 71.3 cm³/mol. The number of carbonyl (C=O) groups excluding carboxylic acids is 1. The highest BCUT2D eigenvalue weighted by molar-refractivity contribution is 7.99. The molecule has 0 spiro atoms. The van der Waals surface area contributed by atoms with Gasteiger partial charge in [-0.05, 0) is 39.3 Å². The summed E-state index contributed by atoms with van der Waals surface area (Å²) in [6.07, 6.45) is 4.23. The molecule has 3 N–H and O–H groups in total. The summed E-state index contributed by atoms with van der Waals surface area (Å²) in [6.45, 7) is 1.95. The summed E-state index contributed by atoms with van der Waals surface area (Å²) in [5, 5.41) is 4.19. The molecule has 0 saturated heterocycles. The van der Waals surface area contributed by atoms with Crippen molar-refractivity contribution < 1.29 is 4.79 Å². The van der Waals surface area contributed by atoms with Gasteiger partial charge in [0.15, 0.2) is 5.16 Å². The van der Waals surface area contributed by atoms with Gasteiger partial charge in [0.05, 0.1) is 5.54 Å². The number of primary amides is 1. The van der Waals surface area contributed by atoms with Crippen LogP contribution in [0.1, 0.15) is 25.0 Å². The van der Waals surface area contributed by atoms with Crippen LogP contribution in [0.15, 0.2) is 17.4 Å². The number of rotatable bonds is 4. The number of hydrogen-bond acceptors (Lipinski definition) is 5. The molecule has 1 aromatic rings. The molecule has 0 bridgehead atoms. The standard InChI is InChI=1S/C12H18N4OS/c1-8-4-6-15-11(16-8)18-9-3-5-12(7-9,14-2)10(13)17/h4,6,9,14H,3,5,7H2,1-2H3,(H2,13,17). The van der Waals surface area contributed by atoms with Crippen molar-refractivity contribution in [3.63, 3.8) is 0 Å². The monoisotopic (exact) mass is 266 g/mol. The van der Waals surface area contributed by atoms with E-state index < -0.39 is 5.54 Å². The van der Waals surface area contributed by atoms with Crippen LogP contribution in [-0.4, -0.2) is 33.7 Å².